The van der Waals surface area contributed by atoms with E-state index in [-0.39, 0.29) is 0 Å². The fourth-order valence-corrected chi connectivity index (χ4v) is 3.17. The molecule has 0 radical (unpaired) electrons. The summed E-state index contributed by atoms with van der Waals surface area (Å²) >= 11 is 2.04. The van der Waals surface area contributed by atoms with E-state index in [0.29, 0.717) is 5.69 Å². The van der Waals surface area contributed by atoms with Crippen LogP contribution in [0.25, 0.3) is 0 Å². The highest BCUT2D eigenvalue weighted by Gasteiger charge is 2.13. The number of anilines is 1. The zero-order valence-corrected chi connectivity index (χ0v) is 10.9. The van der Waals surface area contributed by atoms with Crippen LogP contribution in [0.1, 0.15) is 24.1 Å². The Morgan fingerprint density at radius 3 is 2.94 bits per heavy atom. The van der Waals surface area contributed by atoms with Crippen molar-refractivity contribution < 1.29 is 0 Å². The van der Waals surface area contributed by atoms with E-state index in [2.05, 4.69) is 16.4 Å². The number of pyridine rings is 1. The van der Waals surface area contributed by atoms with E-state index in [0.717, 1.165) is 23.8 Å². The average molecular weight is 247 g/mol. The standard InChI is InChI=1S/C13H17N3S/c1-10-2-3-12(8-14)16-13(10)15-9-11-4-6-17-7-5-11/h2-3,11H,4-7,9H2,1H3,(H,15,16). The molecule has 1 aromatic heterocycles. The molecule has 1 saturated heterocycles. The lowest BCUT2D eigenvalue weighted by Crippen LogP contribution is -2.20. The zero-order chi connectivity index (χ0) is 12.1. The van der Waals surface area contributed by atoms with Crippen LogP contribution in [0.15, 0.2) is 12.1 Å². The molecule has 0 spiro atoms. The van der Waals surface area contributed by atoms with E-state index in [4.69, 9.17) is 5.26 Å². The minimum atomic E-state index is 0.484. The number of aryl methyl sites for hydroxylation is 1. The predicted octanol–water partition coefficient (Wildman–Crippen LogP) is 2.82. The summed E-state index contributed by atoms with van der Waals surface area (Å²) in [5.41, 5.74) is 1.59. The maximum Gasteiger partial charge on any atom is 0.142 e. The Labute approximate surface area is 107 Å². The van der Waals surface area contributed by atoms with Gasteiger partial charge in [-0.3, -0.25) is 0 Å². The summed E-state index contributed by atoms with van der Waals surface area (Å²) in [4.78, 5) is 4.30. The summed E-state index contributed by atoms with van der Waals surface area (Å²) < 4.78 is 0. The Morgan fingerprint density at radius 2 is 2.24 bits per heavy atom. The molecule has 4 heteroatoms. The first-order valence-electron chi connectivity index (χ1n) is 5.99. The zero-order valence-electron chi connectivity index (χ0n) is 10.1. The van der Waals surface area contributed by atoms with Crippen LogP contribution < -0.4 is 5.32 Å². The van der Waals surface area contributed by atoms with Gasteiger partial charge in [0.2, 0.25) is 0 Å². The van der Waals surface area contributed by atoms with Gasteiger partial charge >= 0.3 is 0 Å². The smallest absolute Gasteiger partial charge is 0.142 e. The van der Waals surface area contributed by atoms with Gasteiger partial charge in [0.1, 0.15) is 17.6 Å². The van der Waals surface area contributed by atoms with Gasteiger partial charge in [0.15, 0.2) is 0 Å². The lowest BCUT2D eigenvalue weighted by Gasteiger charge is -2.22. The molecule has 90 valence electrons. The lowest BCUT2D eigenvalue weighted by atomic mass is 10.0. The molecule has 1 aliphatic rings. The number of aromatic nitrogens is 1. The topological polar surface area (TPSA) is 48.7 Å². The normalized spacial score (nSPS) is 16.5. The second-order valence-corrected chi connectivity index (χ2v) is 5.64. The maximum absolute atomic E-state index is 8.83. The molecule has 0 bridgehead atoms. The molecule has 1 N–H and O–H groups in total. The lowest BCUT2D eigenvalue weighted by molar-refractivity contribution is 0.515. The largest absolute Gasteiger partial charge is 0.370 e. The summed E-state index contributed by atoms with van der Waals surface area (Å²) in [5.74, 6) is 4.17. The molecule has 1 aliphatic heterocycles. The number of nitrogens with one attached hydrogen (secondary N) is 1. The molecular formula is C13H17N3S. The Kier molecular flexibility index (Phi) is 4.27. The Balaban J connectivity index is 1.95. The minimum Gasteiger partial charge on any atom is -0.370 e. The first-order chi connectivity index (χ1) is 8.29. The molecule has 3 nitrogen and oxygen atoms in total. The van der Waals surface area contributed by atoms with Gasteiger partial charge in [0.25, 0.3) is 0 Å². The number of thioether (sulfide) groups is 1. The summed E-state index contributed by atoms with van der Waals surface area (Å²) in [6, 6.07) is 5.79. The van der Waals surface area contributed by atoms with Gasteiger partial charge in [-0.25, -0.2) is 4.98 Å². The van der Waals surface area contributed by atoms with Crippen LogP contribution in [0.5, 0.6) is 0 Å². The molecule has 0 aromatic carbocycles. The minimum absolute atomic E-state index is 0.484. The fourth-order valence-electron chi connectivity index (χ4n) is 1.96. The fraction of sp³-hybridized carbons (Fsp3) is 0.538. The van der Waals surface area contributed by atoms with E-state index in [1.165, 1.54) is 24.3 Å². The quantitative estimate of drug-likeness (QED) is 0.892. The molecule has 0 aliphatic carbocycles. The molecule has 2 rings (SSSR count). The van der Waals surface area contributed by atoms with E-state index in [9.17, 15) is 0 Å². The van der Waals surface area contributed by atoms with Crippen LogP contribution in [0.2, 0.25) is 0 Å². The Bertz CT molecular complexity index is 419. The van der Waals surface area contributed by atoms with Gasteiger partial charge in [-0.15, -0.1) is 0 Å². The van der Waals surface area contributed by atoms with Crippen LogP contribution in [0, 0.1) is 24.2 Å². The van der Waals surface area contributed by atoms with Crippen molar-refractivity contribution in [3.63, 3.8) is 0 Å². The van der Waals surface area contributed by atoms with Crippen molar-refractivity contribution in [3.8, 4) is 6.07 Å². The molecular weight excluding hydrogens is 230 g/mol. The van der Waals surface area contributed by atoms with Gasteiger partial charge < -0.3 is 5.32 Å². The highest BCUT2D eigenvalue weighted by Crippen LogP contribution is 2.23. The van der Waals surface area contributed by atoms with Crippen molar-refractivity contribution in [2.45, 2.75) is 19.8 Å². The van der Waals surface area contributed by atoms with Crippen LogP contribution in [-0.2, 0) is 0 Å². The second kappa shape index (κ2) is 5.92. The first kappa shape index (κ1) is 12.3. The summed E-state index contributed by atoms with van der Waals surface area (Å²) in [6.07, 6.45) is 2.57. The molecule has 0 saturated carbocycles. The molecule has 1 fully saturated rings. The van der Waals surface area contributed by atoms with Crippen LogP contribution in [0.4, 0.5) is 5.82 Å². The van der Waals surface area contributed by atoms with Gasteiger partial charge in [-0.2, -0.15) is 17.0 Å². The van der Waals surface area contributed by atoms with Crippen LogP contribution in [-0.4, -0.2) is 23.0 Å². The Morgan fingerprint density at radius 1 is 1.47 bits per heavy atom. The third-order valence-electron chi connectivity index (χ3n) is 3.11. The SMILES string of the molecule is Cc1ccc(C#N)nc1NCC1CCSCC1. The summed E-state index contributed by atoms with van der Waals surface area (Å²) in [7, 11) is 0. The summed E-state index contributed by atoms with van der Waals surface area (Å²) in [6.45, 7) is 3.00. The number of rotatable bonds is 3. The van der Waals surface area contributed by atoms with Crippen molar-refractivity contribution in [2.75, 3.05) is 23.4 Å². The Hall–Kier alpha value is -1.21. The predicted molar refractivity (Wildman–Crippen MR) is 72.2 cm³/mol. The van der Waals surface area contributed by atoms with Crippen molar-refractivity contribution in [2.24, 2.45) is 5.92 Å². The van der Waals surface area contributed by atoms with Gasteiger partial charge in [-0.05, 0) is 48.8 Å². The van der Waals surface area contributed by atoms with E-state index >= 15 is 0 Å². The van der Waals surface area contributed by atoms with Gasteiger partial charge in [0, 0.05) is 6.54 Å². The highest BCUT2D eigenvalue weighted by molar-refractivity contribution is 7.99. The molecule has 1 aromatic rings. The third kappa shape index (κ3) is 3.37. The maximum atomic E-state index is 8.83. The molecule has 0 atom stereocenters. The molecule has 17 heavy (non-hydrogen) atoms. The van der Waals surface area contributed by atoms with E-state index in [1.54, 1.807) is 6.07 Å². The number of nitrogens with zero attached hydrogens (tertiary/aromatic N) is 2. The first-order valence-corrected chi connectivity index (χ1v) is 7.14. The molecule has 0 unspecified atom stereocenters. The van der Waals surface area contributed by atoms with Crippen molar-refractivity contribution in [3.05, 3.63) is 23.4 Å². The van der Waals surface area contributed by atoms with E-state index in [1.807, 2.05) is 24.8 Å². The van der Waals surface area contributed by atoms with Gasteiger partial charge in [0.05, 0.1) is 0 Å². The average Bonchev–Trinajstić information content (AvgIpc) is 2.39. The second-order valence-electron chi connectivity index (χ2n) is 4.41. The van der Waals surface area contributed by atoms with Crippen LogP contribution in [0.3, 0.4) is 0 Å². The number of hydrogen-bond donors (Lipinski definition) is 1. The molecule has 2 heterocycles. The summed E-state index contributed by atoms with van der Waals surface area (Å²) in [5, 5.41) is 12.2. The third-order valence-corrected chi connectivity index (χ3v) is 4.16. The van der Waals surface area contributed by atoms with E-state index < -0.39 is 0 Å². The van der Waals surface area contributed by atoms with Crippen molar-refractivity contribution in [1.82, 2.24) is 4.98 Å². The number of nitriles is 1. The van der Waals surface area contributed by atoms with Gasteiger partial charge in [-0.1, -0.05) is 6.07 Å². The molecule has 0 amide bonds. The van der Waals surface area contributed by atoms with Crippen molar-refractivity contribution >= 4 is 17.6 Å². The van der Waals surface area contributed by atoms with Crippen LogP contribution >= 0.6 is 11.8 Å². The van der Waals surface area contributed by atoms with Crippen molar-refractivity contribution in [1.29, 1.82) is 5.26 Å². The highest BCUT2D eigenvalue weighted by atomic mass is 32.2. The monoisotopic (exact) mass is 247 g/mol. The number of hydrogen-bond acceptors (Lipinski definition) is 4.